The zero-order valence-corrected chi connectivity index (χ0v) is 19.1. The van der Waals surface area contributed by atoms with Gasteiger partial charge in [-0.15, -0.1) is 10.2 Å². The third kappa shape index (κ3) is 4.54. The lowest BCUT2D eigenvalue weighted by atomic mass is 10.1. The summed E-state index contributed by atoms with van der Waals surface area (Å²) in [6, 6.07) is 5.64. The highest BCUT2D eigenvalue weighted by atomic mass is 16.2. The van der Waals surface area contributed by atoms with Gasteiger partial charge in [0.15, 0.2) is 11.6 Å². The molecule has 0 unspecified atom stereocenters. The molecule has 1 saturated carbocycles. The second-order valence-electron chi connectivity index (χ2n) is 8.37. The summed E-state index contributed by atoms with van der Waals surface area (Å²) in [7, 11) is 3.56. The Morgan fingerprint density at radius 2 is 2.03 bits per heavy atom. The van der Waals surface area contributed by atoms with Crippen LogP contribution in [0, 0.1) is 23.7 Å². The molecule has 1 fully saturated rings. The van der Waals surface area contributed by atoms with Crippen LogP contribution < -0.4 is 10.6 Å². The Morgan fingerprint density at radius 3 is 2.71 bits per heavy atom. The Hall–Kier alpha value is -4.39. The molecule has 0 saturated heterocycles. The summed E-state index contributed by atoms with van der Waals surface area (Å²) in [5.74, 6) is 7.66. The number of nitrogens with zero attached hydrogens (tertiary/aromatic N) is 7. The zero-order valence-electron chi connectivity index (χ0n) is 19.1. The summed E-state index contributed by atoms with van der Waals surface area (Å²) in [4.78, 5) is 22.7. The molecule has 1 aliphatic rings. The lowest BCUT2D eigenvalue weighted by molar-refractivity contribution is -0.117. The molecule has 0 bridgehead atoms. The van der Waals surface area contributed by atoms with Crippen LogP contribution in [-0.2, 0) is 18.3 Å². The molecule has 1 amide bonds. The smallest absolute Gasteiger partial charge is 0.228 e. The van der Waals surface area contributed by atoms with E-state index in [4.69, 9.17) is 0 Å². The van der Waals surface area contributed by atoms with Crippen molar-refractivity contribution in [1.29, 1.82) is 0 Å². The first-order valence-corrected chi connectivity index (χ1v) is 11.0. The van der Waals surface area contributed by atoms with E-state index in [9.17, 15) is 4.79 Å². The quantitative estimate of drug-likeness (QED) is 0.441. The van der Waals surface area contributed by atoms with E-state index in [0.29, 0.717) is 40.7 Å². The van der Waals surface area contributed by atoms with Gasteiger partial charge in [-0.3, -0.25) is 4.79 Å². The average Bonchev–Trinajstić information content (AvgIpc) is 3.45. The average molecular weight is 454 g/mol. The number of nitrogens with one attached hydrogen (secondary N) is 2. The number of pyridine rings is 2. The monoisotopic (exact) mass is 453 g/mol. The van der Waals surface area contributed by atoms with Gasteiger partial charge in [-0.05, 0) is 36.0 Å². The van der Waals surface area contributed by atoms with Crippen molar-refractivity contribution >= 4 is 28.4 Å². The highest BCUT2D eigenvalue weighted by molar-refractivity contribution is 5.97. The van der Waals surface area contributed by atoms with Crippen molar-refractivity contribution in [3.63, 3.8) is 0 Å². The van der Waals surface area contributed by atoms with Gasteiger partial charge in [0.1, 0.15) is 11.2 Å². The number of aromatic nitrogens is 7. The SMILES string of the molecule is CNc1ncc(C#Cc2ccc(Cc3cnn(C)n3)cn2)c2cc(NC(=O)[C@H]3C[C@H]3C)nnc12. The topological polar surface area (TPSA) is 123 Å². The molecule has 4 aromatic rings. The second kappa shape index (κ2) is 8.86. The van der Waals surface area contributed by atoms with Crippen molar-refractivity contribution in [3.8, 4) is 11.8 Å². The molecule has 4 heterocycles. The maximum Gasteiger partial charge on any atom is 0.228 e. The van der Waals surface area contributed by atoms with Gasteiger partial charge in [-0.1, -0.05) is 18.9 Å². The summed E-state index contributed by atoms with van der Waals surface area (Å²) < 4.78 is 0. The molecule has 5 rings (SSSR count). The van der Waals surface area contributed by atoms with Gasteiger partial charge in [0, 0.05) is 44.2 Å². The van der Waals surface area contributed by atoms with E-state index in [1.54, 1.807) is 38.8 Å². The molecule has 170 valence electrons. The Morgan fingerprint density at radius 1 is 1.18 bits per heavy atom. The van der Waals surface area contributed by atoms with E-state index >= 15 is 0 Å². The molecule has 0 spiro atoms. The minimum atomic E-state index is -0.0255. The van der Waals surface area contributed by atoms with Crippen molar-refractivity contribution in [2.45, 2.75) is 19.8 Å². The third-order valence-electron chi connectivity index (χ3n) is 5.75. The van der Waals surface area contributed by atoms with Crippen LogP contribution >= 0.6 is 0 Å². The van der Waals surface area contributed by atoms with Gasteiger partial charge in [-0.2, -0.15) is 15.0 Å². The molecule has 2 N–H and O–H groups in total. The molecule has 34 heavy (non-hydrogen) atoms. The van der Waals surface area contributed by atoms with Crippen LogP contribution in [-0.4, -0.2) is 48.1 Å². The van der Waals surface area contributed by atoms with Crippen molar-refractivity contribution < 1.29 is 4.79 Å². The maximum absolute atomic E-state index is 12.3. The number of hydrogen-bond donors (Lipinski definition) is 2. The van der Waals surface area contributed by atoms with Gasteiger partial charge in [0.05, 0.1) is 17.5 Å². The maximum atomic E-state index is 12.3. The van der Waals surface area contributed by atoms with Crippen LogP contribution in [0.5, 0.6) is 0 Å². The van der Waals surface area contributed by atoms with E-state index in [1.807, 2.05) is 12.1 Å². The van der Waals surface area contributed by atoms with Crippen LogP contribution in [0.1, 0.15) is 35.9 Å². The van der Waals surface area contributed by atoms with Crippen molar-refractivity contribution in [2.24, 2.45) is 18.9 Å². The molecule has 0 aliphatic heterocycles. The molecular weight excluding hydrogens is 430 g/mol. The van der Waals surface area contributed by atoms with Crippen LogP contribution in [0.15, 0.2) is 36.8 Å². The summed E-state index contributed by atoms with van der Waals surface area (Å²) in [6.07, 6.45) is 6.77. The molecular formula is C24H23N9O. The highest BCUT2D eigenvalue weighted by Gasteiger charge is 2.39. The molecule has 10 heteroatoms. The first-order valence-electron chi connectivity index (χ1n) is 11.0. The number of anilines is 2. The molecule has 4 aromatic heterocycles. The number of amides is 1. The summed E-state index contributed by atoms with van der Waals surface area (Å²) in [5.41, 5.74) is 3.79. The Kier molecular flexibility index (Phi) is 5.59. The number of hydrogen-bond acceptors (Lipinski definition) is 8. The predicted molar refractivity (Wildman–Crippen MR) is 127 cm³/mol. The number of carbonyl (C=O) groups is 1. The predicted octanol–water partition coefficient (Wildman–Crippen LogP) is 2.18. The minimum absolute atomic E-state index is 0.0255. The van der Waals surface area contributed by atoms with Gasteiger partial charge in [0.25, 0.3) is 0 Å². The first-order chi connectivity index (χ1) is 16.5. The largest absolute Gasteiger partial charge is 0.371 e. The van der Waals surface area contributed by atoms with Crippen LogP contribution in [0.3, 0.4) is 0 Å². The van der Waals surface area contributed by atoms with E-state index in [1.165, 1.54) is 4.80 Å². The fourth-order valence-electron chi connectivity index (χ4n) is 3.69. The van der Waals surface area contributed by atoms with Gasteiger partial charge < -0.3 is 10.6 Å². The Bertz CT molecular complexity index is 1430. The van der Waals surface area contributed by atoms with E-state index in [0.717, 1.165) is 23.1 Å². The zero-order chi connectivity index (χ0) is 23.7. The number of rotatable bonds is 5. The molecule has 0 aromatic carbocycles. The fourth-order valence-corrected chi connectivity index (χ4v) is 3.69. The van der Waals surface area contributed by atoms with Crippen molar-refractivity contribution in [3.05, 3.63) is 59.3 Å². The standard InChI is InChI=1S/C24H23N9O/c1-14-8-19(14)24(34)29-21-10-20-16(12-27-23(25-2)22(20)31-30-21)5-7-17-6-4-15(11-26-17)9-18-13-28-33(3)32-18/h4,6,10-14,19H,8-9H2,1-3H3,(H,25,27)(H,29,30,34)/t14-,19+/m1/s1. The minimum Gasteiger partial charge on any atom is -0.371 e. The Labute approximate surface area is 196 Å². The van der Waals surface area contributed by atoms with E-state index < -0.39 is 0 Å². The van der Waals surface area contributed by atoms with Crippen molar-refractivity contribution in [2.75, 3.05) is 17.7 Å². The Balaban J connectivity index is 1.40. The van der Waals surface area contributed by atoms with Gasteiger partial charge >= 0.3 is 0 Å². The molecule has 1 aliphatic carbocycles. The summed E-state index contributed by atoms with van der Waals surface area (Å²) in [6.45, 7) is 2.06. The number of fused-ring (bicyclic) bond motifs is 1. The molecule has 0 radical (unpaired) electrons. The summed E-state index contributed by atoms with van der Waals surface area (Å²) in [5, 5.41) is 23.5. The molecule has 10 nitrogen and oxygen atoms in total. The lowest BCUT2D eigenvalue weighted by Crippen LogP contribution is -2.16. The number of carbonyl (C=O) groups excluding carboxylic acids is 1. The second-order valence-corrected chi connectivity index (χ2v) is 8.37. The number of aryl methyl sites for hydroxylation is 1. The fraction of sp³-hybridized carbons (Fsp3) is 0.292. The van der Waals surface area contributed by atoms with Gasteiger partial charge in [-0.25, -0.2) is 9.97 Å². The van der Waals surface area contributed by atoms with Gasteiger partial charge in [0.2, 0.25) is 5.91 Å². The molecule has 2 atom stereocenters. The normalized spacial score (nSPS) is 16.6. The van der Waals surface area contributed by atoms with E-state index in [-0.39, 0.29) is 11.8 Å². The third-order valence-corrected chi connectivity index (χ3v) is 5.75. The lowest BCUT2D eigenvalue weighted by Gasteiger charge is -2.08. The van der Waals surface area contributed by atoms with E-state index in [2.05, 4.69) is 59.8 Å². The highest BCUT2D eigenvalue weighted by Crippen LogP contribution is 2.38. The van der Waals surface area contributed by atoms with Crippen molar-refractivity contribution in [1.82, 2.24) is 35.2 Å². The van der Waals surface area contributed by atoms with Crippen LogP contribution in [0.2, 0.25) is 0 Å². The summed E-state index contributed by atoms with van der Waals surface area (Å²) >= 11 is 0. The first kappa shape index (κ1) is 21.5. The van der Waals surface area contributed by atoms with Crippen LogP contribution in [0.4, 0.5) is 11.6 Å². The van der Waals surface area contributed by atoms with Crippen LogP contribution in [0.25, 0.3) is 10.9 Å².